The summed E-state index contributed by atoms with van der Waals surface area (Å²) in [7, 11) is -2.64. The number of esters is 1. The molecular formula is C13H18N2O4S. The van der Waals surface area contributed by atoms with Crippen LogP contribution in [-0.2, 0) is 32.5 Å². The Morgan fingerprint density at radius 2 is 2.20 bits per heavy atom. The van der Waals surface area contributed by atoms with E-state index < -0.39 is 21.2 Å². The predicted octanol–water partition coefficient (Wildman–Crippen LogP) is 0.635. The highest BCUT2D eigenvalue weighted by Gasteiger charge is 2.29. The van der Waals surface area contributed by atoms with Crippen LogP contribution in [0.3, 0.4) is 0 Å². The minimum atomic E-state index is -3.81. The Balaban J connectivity index is 2.28. The fourth-order valence-electron chi connectivity index (χ4n) is 2.14. The molecule has 0 aromatic heterocycles. The summed E-state index contributed by atoms with van der Waals surface area (Å²) in [6.45, 7) is 2.80. The van der Waals surface area contributed by atoms with Gasteiger partial charge in [-0.25, -0.2) is 8.42 Å². The molecule has 1 unspecified atom stereocenters. The summed E-state index contributed by atoms with van der Waals surface area (Å²) in [5.41, 5.74) is 2.57. The molecule has 0 aliphatic carbocycles. The average Bonchev–Trinajstić information content (AvgIpc) is 2.45. The number of carbonyl (C=O) groups excluding carboxylic acids is 1. The summed E-state index contributed by atoms with van der Waals surface area (Å²) in [5, 5.41) is 1.95. The number of hydrogen-bond donors (Lipinski definition) is 2. The van der Waals surface area contributed by atoms with Crippen molar-refractivity contribution in [3.05, 3.63) is 29.3 Å². The van der Waals surface area contributed by atoms with Crippen LogP contribution in [0.25, 0.3) is 0 Å². The van der Waals surface area contributed by atoms with Gasteiger partial charge in [-0.1, -0.05) is 12.1 Å². The molecule has 1 aromatic carbocycles. The predicted molar refractivity (Wildman–Crippen MR) is 75.9 cm³/mol. The highest BCUT2D eigenvalue weighted by atomic mass is 32.2. The third kappa shape index (κ3) is 2.94. The molecule has 0 saturated carbocycles. The molecular weight excluding hydrogens is 280 g/mol. The van der Waals surface area contributed by atoms with Gasteiger partial charge in [-0.2, -0.15) is 0 Å². The number of methoxy groups -OCH3 is 1. The molecule has 0 bridgehead atoms. The fraction of sp³-hybridized carbons (Fsp3) is 0.462. The number of nitrogens with one attached hydrogen (secondary N) is 2. The van der Waals surface area contributed by atoms with Crippen molar-refractivity contribution in [3.63, 3.8) is 0 Å². The molecule has 1 heterocycles. The summed E-state index contributed by atoms with van der Waals surface area (Å²) >= 11 is 0. The maximum Gasteiger partial charge on any atom is 0.325 e. The number of fused-ring (bicyclic) bond motifs is 1. The number of carbonyl (C=O) groups is 1. The largest absolute Gasteiger partial charge is 0.468 e. The Bertz CT molecular complexity index is 613. The van der Waals surface area contributed by atoms with E-state index in [-0.39, 0.29) is 0 Å². The lowest BCUT2D eigenvalue weighted by Crippen LogP contribution is -2.34. The van der Waals surface area contributed by atoms with Crippen molar-refractivity contribution in [2.24, 2.45) is 0 Å². The minimum absolute atomic E-state index is 0.519. The van der Waals surface area contributed by atoms with Gasteiger partial charge in [-0.15, -0.1) is 0 Å². The first-order chi connectivity index (χ1) is 9.45. The molecule has 20 heavy (non-hydrogen) atoms. The number of rotatable bonds is 4. The van der Waals surface area contributed by atoms with Crippen molar-refractivity contribution in [1.82, 2.24) is 5.32 Å². The van der Waals surface area contributed by atoms with E-state index in [1.54, 1.807) is 6.07 Å². The van der Waals surface area contributed by atoms with Gasteiger partial charge in [-0.3, -0.25) is 9.52 Å². The van der Waals surface area contributed by atoms with E-state index in [4.69, 9.17) is 0 Å². The molecule has 1 aromatic rings. The van der Waals surface area contributed by atoms with Gasteiger partial charge >= 0.3 is 5.97 Å². The zero-order chi connectivity index (χ0) is 14.8. The standard InChI is InChI=1S/C13H18N2O4S/c1-9(13(16)19-2)20(17,18)15-12-5-3-4-10-6-7-14-8-11(10)12/h3-5,9,14-15H,6-8H2,1-2H3. The zero-order valence-corrected chi connectivity index (χ0v) is 12.3. The molecule has 6 nitrogen and oxygen atoms in total. The third-order valence-corrected chi connectivity index (χ3v) is 5.02. The van der Waals surface area contributed by atoms with E-state index in [2.05, 4.69) is 14.8 Å². The fourth-order valence-corrected chi connectivity index (χ4v) is 3.17. The van der Waals surface area contributed by atoms with Crippen molar-refractivity contribution >= 4 is 21.7 Å². The Labute approximate surface area is 118 Å². The van der Waals surface area contributed by atoms with Crippen molar-refractivity contribution < 1.29 is 17.9 Å². The molecule has 2 N–H and O–H groups in total. The van der Waals surface area contributed by atoms with Crippen LogP contribution in [0.15, 0.2) is 18.2 Å². The third-order valence-electron chi connectivity index (χ3n) is 3.40. The summed E-state index contributed by atoms with van der Waals surface area (Å²) < 4.78 is 31.3. The average molecular weight is 298 g/mol. The second kappa shape index (κ2) is 5.80. The van der Waals surface area contributed by atoms with E-state index >= 15 is 0 Å². The van der Waals surface area contributed by atoms with Crippen molar-refractivity contribution in [2.75, 3.05) is 18.4 Å². The van der Waals surface area contributed by atoms with E-state index in [1.165, 1.54) is 14.0 Å². The lowest BCUT2D eigenvalue weighted by molar-refractivity contribution is -0.139. The maximum atomic E-state index is 12.2. The van der Waals surface area contributed by atoms with Gasteiger partial charge in [0.05, 0.1) is 12.8 Å². The molecule has 0 fully saturated rings. The smallest absolute Gasteiger partial charge is 0.325 e. The SMILES string of the molecule is COC(=O)C(C)S(=O)(=O)Nc1cccc2c1CNCC2. The van der Waals surface area contributed by atoms with E-state index in [9.17, 15) is 13.2 Å². The van der Waals surface area contributed by atoms with Gasteiger partial charge in [-0.05, 0) is 37.1 Å². The van der Waals surface area contributed by atoms with Gasteiger partial charge in [0.1, 0.15) is 0 Å². The Hall–Kier alpha value is -1.60. The maximum absolute atomic E-state index is 12.2. The van der Waals surface area contributed by atoms with Gasteiger partial charge in [0.15, 0.2) is 5.25 Å². The first-order valence-corrected chi connectivity index (χ1v) is 7.91. The molecule has 0 amide bonds. The van der Waals surface area contributed by atoms with Gasteiger partial charge in [0.2, 0.25) is 10.0 Å². The van der Waals surface area contributed by atoms with Gasteiger partial charge in [0.25, 0.3) is 0 Å². The summed E-state index contributed by atoms with van der Waals surface area (Å²) in [6.07, 6.45) is 0.859. The highest BCUT2D eigenvalue weighted by molar-refractivity contribution is 7.94. The number of sulfonamides is 1. The Morgan fingerprint density at radius 3 is 2.90 bits per heavy atom. The molecule has 7 heteroatoms. The first kappa shape index (κ1) is 14.8. The monoisotopic (exact) mass is 298 g/mol. The van der Waals surface area contributed by atoms with E-state index in [0.29, 0.717) is 12.2 Å². The molecule has 0 spiro atoms. The second-order valence-electron chi connectivity index (χ2n) is 4.68. The molecule has 2 rings (SSSR count). The molecule has 1 aliphatic heterocycles. The number of hydrogen-bond acceptors (Lipinski definition) is 5. The van der Waals surface area contributed by atoms with Crippen molar-refractivity contribution in [3.8, 4) is 0 Å². The zero-order valence-electron chi connectivity index (χ0n) is 11.5. The first-order valence-electron chi connectivity index (χ1n) is 6.36. The van der Waals surface area contributed by atoms with Crippen LogP contribution in [0.5, 0.6) is 0 Å². The second-order valence-corrected chi connectivity index (χ2v) is 6.68. The summed E-state index contributed by atoms with van der Waals surface area (Å²) in [6, 6.07) is 5.50. The van der Waals surface area contributed by atoms with Crippen LogP contribution >= 0.6 is 0 Å². The van der Waals surface area contributed by atoms with Crippen LogP contribution in [-0.4, -0.2) is 33.3 Å². The Kier molecular flexibility index (Phi) is 4.29. The lowest BCUT2D eigenvalue weighted by atomic mass is 10.00. The quantitative estimate of drug-likeness (QED) is 0.797. The van der Waals surface area contributed by atoms with Crippen LogP contribution in [0.2, 0.25) is 0 Å². The van der Waals surface area contributed by atoms with Crippen molar-refractivity contribution in [1.29, 1.82) is 0 Å². The summed E-state index contributed by atoms with van der Waals surface area (Å²) in [4.78, 5) is 11.4. The highest BCUT2D eigenvalue weighted by Crippen LogP contribution is 2.24. The van der Waals surface area contributed by atoms with Crippen LogP contribution in [0.1, 0.15) is 18.1 Å². The van der Waals surface area contributed by atoms with Crippen LogP contribution in [0, 0.1) is 0 Å². The van der Waals surface area contributed by atoms with Crippen molar-refractivity contribution in [2.45, 2.75) is 25.1 Å². The van der Waals surface area contributed by atoms with Gasteiger partial charge < -0.3 is 10.1 Å². The molecule has 0 saturated heterocycles. The molecule has 1 atom stereocenters. The molecule has 110 valence electrons. The summed E-state index contributed by atoms with van der Waals surface area (Å²) in [5.74, 6) is -0.777. The van der Waals surface area contributed by atoms with E-state index in [1.807, 2.05) is 12.1 Å². The normalized spacial score (nSPS) is 16.1. The van der Waals surface area contributed by atoms with Crippen LogP contribution in [0.4, 0.5) is 5.69 Å². The van der Waals surface area contributed by atoms with Gasteiger partial charge in [0, 0.05) is 6.54 Å². The van der Waals surface area contributed by atoms with E-state index in [0.717, 1.165) is 24.1 Å². The number of benzene rings is 1. The lowest BCUT2D eigenvalue weighted by Gasteiger charge is -2.21. The minimum Gasteiger partial charge on any atom is -0.468 e. The molecule has 0 radical (unpaired) electrons. The topological polar surface area (TPSA) is 84.5 Å². The Morgan fingerprint density at radius 1 is 1.45 bits per heavy atom. The molecule has 1 aliphatic rings. The number of ether oxygens (including phenoxy) is 1. The van der Waals surface area contributed by atoms with Crippen LogP contribution < -0.4 is 10.0 Å². The number of anilines is 1.